The fraction of sp³-hybridized carbons (Fsp3) is 0.667. The second kappa shape index (κ2) is 6.53. The van der Waals surface area contributed by atoms with Crippen LogP contribution in [0.25, 0.3) is 0 Å². The van der Waals surface area contributed by atoms with Gasteiger partial charge in [-0.1, -0.05) is 20.3 Å². The molecule has 0 saturated carbocycles. The number of hydrogen-bond donors (Lipinski definition) is 1. The normalized spacial score (nSPS) is 19.1. The van der Waals surface area contributed by atoms with E-state index >= 15 is 0 Å². The molecular formula is C15H23NO2S. The lowest BCUT2D eigenvalue weighted by Gasteiger charge is -2.22. The van der Waals surface area contributed by atoms with Crippen molar-refractivity contribution < 1.29 is 9.90 Å². The van der Waals surface area contributed by atoms with Gasteiger partial charge in [-0.05, 0) is 37.3 Å². The first kappa shape index (κ1) is 14.5. The van der Waals surface area contributed by atoms with Gasteiger partial charge in [-0.15, -0.1) is 11.3 Å². The van der Waals surface area contributed by atoms with Crippen molar-refractivity contribution in [3.63, 3.8) is 0 Å². The van der Waals surface area contributed by atoms with E-state index in [1.165, 1.54) is 10.4 Å². The van der Waals surface area contributed by atoms with Crippen LogP contribution in [0.3, 0.4) is 0 Å². The molecule has 0 spiro atoms. The van der Waals surface area contributed by atoms with Crippen molar-refractivity contribution in [1.82, 2.24) is 4.90 Å². The van der Waals surface area contributed by atoms with Gasteiger partial charge in [0.05, 0.1) is 17.5 Å². The molecule has 1 saturated heterocycles. The average molecular weight is 281 g/mol. The zero-order valence-electron chi connectivity index (χ0n) is 11.8. The third-order valence-electron chi connectivity index (χ3n) is 3.81. The molecule has 0 radical (unpaired) electrons. The Balaban J connectivity index is 2.19. The largest absolute Gasteiger partial charge is 0.394 e. The number of likely N-dealkylation sites (tertiary alicyclic amines) is 1. The smallest absolute Gasteiger partial charge is 0.264 e. The predicted molar refractivity (Wildman–Crippen MR) is 78.8 cm³/mol. The number of aliphatic hydroxyl groups excluding tert-OH is 1. The van der Waals surface area contributed by atoms with E-state index in [0.29, 0.717) is 0 Å². The van der Waals surface area contributed by atoms with Gasteiger partial charge < -0.3 is 10.0 Å². The maximum Gasteiger partial charge on any atom is 0.264 e. The predicted octanol–water partition coefficient (Wildman–Crippen LogP) is 2.86. The molecule has 1 aromatic heterocycles. The molecule has 0 aliphatic carbocycles. The van der Waals surface area contributed by atoms with E-state index in [4.69, 9.17) is 0 Å². The van der Waals surface area contributed by atoms with Crippen LogP contribution >= 0.6 is 11.3 Å². The Hall–Kier alpha value is -0.870. The number of aliphatic hydroxyl groups is 1. The molecule has 1 fully saturated rings. The summed E-state index contributed by atoms with van der Waals surface area (Å²) in [7, 11) is 0. The number of aryl methyl sites for hydroxylation is 2. The Bertz CT molecular complexity index is 441. The highest BCUT2D eigenvalue weighted by atomic mass is 32.1. The fourth-order valence-corrected chi connectivity index (χ4v) is 4.06. The number of rotatable bonds is 5. The number of carbonyl (C=O) groups is 1. The summed E-state index contributed by atoms with van der Waals surface area (Å²) in [6.07, 6.45) is 5.10. The first-order valence-corrected chi connectivity index (χ1v) is 8.06. The van der Waals surface area contributed by atoms with Gasteiger partial charge in [0, 0.05) is 11.4 Å². The molecular weight excluding hydrogens is 258 g/mol. The molecule has 19 heavy (non-hydrogen) atoms. The molecule has 2 heterocycles. The van der Waals surface area contributed by atoms with Gasteiger partial charge in [0.1, 0.15) is 0 Å². The van der Waals surface area contributed by atoms with Gasteiger partial charge in [-0.25, -0.2) is 0 Å². The molecule has 2 rings (SSSR count). The third-order valence-corrected chi connectivity index (χ3v) is 5.04. The summed E-state index contributed by atoms with van der Waals surface area (Å²) < 4.78 is 0. The fourth-order valence-electron chi connectivity index (χ4n) is 2.74. The molecule has 106 valence electrons. The number of thiophene rings is 1. The van der Waals surface area contributed by atoms with Crippen molar-refractivity contribution >= 4 is 17.2 Å². The van der Waals surface area contributed by atoms with Gasteiger partial charge in [-0.2, -0.15) is 0 Å². The van der Waals surface area contributed by atoms with Crippen molar-refractivity contribution in [1.29, 1.82) is 0 Å². The molecule has 1 aromatic rings. The van der Waals surface area contributed by atoms with Crippen LogP contribution in [-0.4, -0.2) is 35.1 Å². The molecule has 0 bridgehead atoms. The van der Waals surface area contributed by atoms with E-state index < -0.39 is 0 Å². The monoisotopic (exact) mass is 281 g/mol. The van der Waals surface area contributed by atoms with Gasteiger partial charge in [0.2, 0.25) is 0 Å². The Morgan fingerprint density at radius 3 is 2.95 bits per heavy atom. The second-order valence-electron chi connectivity index (χ2n) is 5.14. The second-order valence-corrected chi connectivity index (χ2v) is 6.28. The van der Waals surface area contributed by atoms with Crippen molar-refractivity contribution in [2.24, 2.45) is 0 Å². The lowest BCUT2D eigenvalue weighted by molar-refractivity contribution is 0.0682. The SMILES string of the molecule is CCCc1sc(C(=O)N2CCC[C@H]2CO)cc1CC. The summed E-state index contributed by atoms with van der Waals surface area (Å²) in [5.74, 6) is 0.110. The minimum absolute atomic E-state index is 0.0225. The van der Waals surface area contributed by atoms with Gasteiger partial charge in [0.25, 0.3) is 5.91 Å². The summed E-state index contributed by atoms with van der Waals surface area (Å²) in [4.78, 5) is 16.6. The Morgan fingerprint density at radius 2 is 2.32 bits per heavy atom. The number of hydrogen-bond acceptors (Lipinski definition) is 3. The van der Waals surface area contributed by atoms with Crippen LogP contribution in [0.2, 0.25) is 0 Å². The maximum atomic E-state index is 12.5. The molecule has 3 nitrogen and oxygen atoms in total. The van der Waals surface area contributed by atoms with Crippen LogP contribution < -0.4 is 0 Å². The summed E-state index contributed by atoms with van der Waals surface area (Å²) in [6.45, 7) is 5.18. The van der Waals surface area contributed by atoms with Crippen molar-refractivity contribution in [2.75, 3.05) is 13.2 Å². The van der Waals surface area contributed by atoms with Gasteiger partial charge >= 0.3 is 0 Å². The third kappa shape index (κ3) is 3.00. The Labute approximate surface area is 119 Å². The minimum Gasteiger partial charge on any atom is -0.394 e. The molecule has 1 amide bonds. The number of carbonyl (C=O) groups excluding carboxylic acids is 1. The molecule has 1 N–H and O–H groups in total. The first-order valence-electron chi connectivity index (χ1n) is 7.24. The maximum absolute atomic E-state index is 12.5. The van der Waals surface area contributed by atoms with E-state index in [9.17, 15) is 9.90 Å². The minimum atomic E-state index is 0.0225. The standard InChI is InChI=1S/C15H23NO2S/c1-3-6-13-11(4-2)9-14(19-13)15(18)16-8-5-7-12(16)10-17/h9,12,17H,3-8,10H2,1-2H3/t12-/m0/s1. The average Bonchev–Trinajstić information content (AvgIpc) is 3.04. The molecule has 0 aromatic carbocycles. The molecule has 0 unspecified atom stereocenters. The summed E-state index contributed by atoms with van der Waals surface area (Å²) in [5.41, 5.74) is 1.31. The molecule has 1 aliphatic heterocycles. The van der Waals surface area contributed by atoms with Gasteiger partial charge in [-0.3, -0.25) is 4.79 Å². The van der Waals surface area contributed by atoms with Crippen LogP contribution in [0.5, 0.6) is 0 Å². The van der Waals surface area contributed by atoms with Crippen molar-refractivity contribution in [3.05, 3.63) is 21.4 Å². The number of nitrogens with zero attached hydrogens (tertiary/aromatic N) is 1. The van der Waals surface area contributed by atoms with Crippen LogP contribution in [0, 0.1) is 0 Å². The highest BCUT2D eigenvalue weighted by molar-refractivity contribution is 7.14. The Kier molecular flexibility index (Phi) is 4.99. The zero-order valence-corrected chi connectivity index (χ0v) is 12.6. The highest BCUT2D eigenvalue weighted by Gasteiger charge is 2.29. The van der Waals surface area contributed by atoms with Crippen molar-refractivity contribution in [2.45, 2.75) is 52.0 Å². The quantitative estimate of drug-likeness (QED) is 0.901. The lowest BCUT2D eigenvalue weighted by Crippen LogP contribution is -2.37. The molecule has 1 aliphatic rings. The Morgan fingerprint density at radius 1 is 1.53 bits per heavy atom. The van der Waals surface area contributed by atoms with E-state index in [0.717, 1.165) is 43.5 Å². The van der Waals surface area contributed by atoms with E-state index in [2.05, 4.69) is 19.9 Å². The van der Waals surface area contributed by atoms with E-state index in [-0.39, 0.29) is 18.6 Å². The van der Waals surface area contributed by atoms with E-state index in [1.807, 2.05) is 4.90 Å². The number of amides is 1. The summed E-state index contributed by atoms with van der Waals surface area (Å²) in [6, 6.07) is 2.08. The van der Waals surface area contributed by atoms with Crippen LogP contribution in [-0.2, 0) is 12.8 Å². The van der Waals surface area contributed by atoms with Crippen LogP contribution in [0.15, 0.2) is 6.07 Å². The van der Waals surface area contributed by atoms with E-state index in [1.54, 1.807) is 11.3 Å². The molecule has 4 heteroatoms. The molecule has 1 atom stereocenters. The topological polar surface area (TPSA) is 40.5 Å². The van der Waals surface area contributed by atoms with Crippen molar-refractivity contribution in [3.8, 4) is 0 Å². The van der Waals surface area contributed by atoms with Crippen LogP contribution in [0.1, 0.15) is 53.2 Å². The highest BCUT2D eigenvalue weighted by Crippen LogP contribution is 2.28. The zero-order chi connectivity index (χ0) is 13.8. The van der Waals surface area contributed by atoms with Gasteiger partial charge in [0.15, 0.2) is 0 Å². The lowest BCUT2D eigenvalue weighted by atomic mass is 10.1. The summed E-state index contributed by atoms with van der Waals surface area (Å²) >= 11 is 1.64. The van der Waals surface area contributed by atoms with Crippen LogP contribution in [0.4, 0.5) is 0 Å². The first-order chi connectivity index (χ1) is 9.21. The summed E-state index contributed by atoms with van der Waals surface area (Å²) in [5, 5.41) is 9.33.